The van der Waals surface area contributed by atoms with E-state index in [0.717, 1.165) is 6.07 Å². The molecule has 1 aromatic heterocycles. The summed E-state index contributed by atoms with van der Waals surface area (Å²) in [6.45, 7) is 1.17. The van der Waals surface area contributed by atoms with Crippen molar-refractivity contribution in [2.24, 2.45) is 0 Å². The van der Waals surface area contributed by atoms with Gasteiger partial charge in [0.1, 0.15) is 12.4 Å². The van der Waals surface area contributed by atoms with Crippen molar-refractivity contribution in [3.8, 4) is 5.75 Å². The molecule has 0 radical (unpaired) electrons. The Morgan fingerprint density at radius 1 is 1.00 bits per heavy atom. The number of aromatic amines is 1. The van der Waals surface area contributed by atoms with Crippen LogP contribution in [0.1, 0.15) is 28.4 Å². The van der Waals surface area contributed by atoms with E-state index in [0.29, 0.717) is 27.9 Å². The lowest BCUT2D eigenvalue weighted by Crippen LogP contribution is -2.19. The number of hydrogen-bond donors (Lipinski definition) is 3. The van der Waals surface area contributed by atoms with E-state index in [-0.39, 0.29) is 23.8 Å². The predicted octanol–water partition coefficient (Wildman–Crippen LogP) is 6.01. The number of ether oxygens (including phenoxy) is 1. The standard InChI is InChI=1S/C24H19F3N4O3/c1-14(32)15-6-8-17(9-7-15)28-23(33)29-22-19-12-18(10-11-21(19)30-31-22)34-13-16-4-2-3-5-20(16)24(25,26)27/h2-12H,13H2,1H3,(H3,28,29,30,31,33). The third-order valence-corrected chi connectivity index (χ3v) is 5.03. The topological polar surface area (TPSA) is 96.1 Å². The number of ketones is 1. The van der Waals surface area contributed by atoms with E-state index in [4.69, 9.17) is 4.74 Å². The molecule has 10 heteroatoms. The number of amides is 2. The molecule has 174 valence electrons. The second-order valence-electron chi connectivity index (χ2n) is 7.44. The van der Waals surface area contributed by atoms with Gasteiger partial charge in [0.2, 0.25) is 0 Å². The first-order chi connectivity index (χ1) is 16.2. The predicted molar refractivity (Wildman–Crippen MR) is 121 cm³/mol. The summed E-state index contributed by atoms with van der Waals surface area (Å²) in [4.78, 5) is 23.7. The van der Waals surface area contributed by atoms with Gasteiger partial charge < -0.3 is 10.1 Å². The van der Waals surface area contributed by atoms with Crippen molar-refractivity contribution >= 4 is 34.2 Å². The van der Waals surface area contributed by atoms with Gasteiger partial charge in [0.15, 0.2) is 11.6 Å². The average Bonchev–Trinajstić information content (AvgIpc) is 3.19. The zero-order chi connectivity index (χ0) is 24.3. The number of urea groups is 1. The minimum atomic E-state index is -4.48. The van der Waals surface area contributed by atoms with Crippen molar-refractivity contribution in [2.75, 3.05) is 10.6 Å². The van der Waals surface area contributed by atoms with Gasteiger partial charge in [0, 0.05) is 22.2 Å². The molecule has 3 aromatic carbocycles. The number of benzene rings is 3. The number of Topliss-reactive ketones (excluding diaryl/α,β-unsaturated/α-hetero) is 1. The summed E-state index contributed by atoms with van der Waals surface area (Å²) in [5.74, 6) is 0.446. The van der Waals surface area contributed by atoms with E-state index in [1.54, 1.807) is 42.5 Å². The summed E-state index contributed by atoms with van der Waals surface area (Å²) in [5, 5.41) is 12.6. The molecule has 0 spiro atoms. The van der Waals surface area contributed by atoms with E-state index in [1.807, 2.05) is 0 Å². The van der Waals surface area contributed by atoms with Crippen LogP contribution in [0.3, 0.4) is 0 Å². The molecule has 3 N–H and O–H groups in total. The van der Waals surface area contributed by atoms with Gasteiger partial charge in [-0.2, -0.15) is 18.3 Å². The number of halogens is 3. The largest absolute Gasteiger partial charge is 0.489 e. The monoisotopic (exact) mass is 468 g/mol. The van der Waals surface area contributed by atoms with Gasteiger partial charge in [0.25, 0.3) is 0 Å². The zero-order valence-corrected chi connectivity index (χ0v) is 17.9. The highest BCUT2D eigenvalue weighted by molar-refractivity contribution is 6.05. The van der Waals surface area contributed by atoms with Crippen LogP contribution in [0.5, 0.6) is 5.75 Å². The zero-order valence-electron chi connectivity index (χ0n) is 17.9. The average molecular weight is 468 g/mol. The van der Waals surface area contributed by atoms with Crippen molar-refractivity contribution in [1.82, 2.24) is 10.2 Å². The first-order valence-corrected chi connectivity index (χ1v) is 10.2. The molecule has 0 unspecified atom stereocenters. The van der Waals surface area contributed by atoms with Crippen molar-refractivity contribution in [1.29, 1.82) is 0 Å². The van der Waals surface area contributed by atoms with Gasteiger partial charge in [-0.15, -0.1) is 0 Å². The lowest BCUT2D eigenvalue weighted by Gasteiger charge is -2.13. The lowest BCUT2D eigenvalue weighted by molar-refractivity contribution is -0.138. The molecule has 0 aliphatic heterocycles. The number of carbonyl (C=O) groups excluding carboxylic acids is 2. The summed E-state index contributed by atoms with van der Waals surface area (Å²) in [5.41, 5.74) is 0.860. The fourth-order valence-electron chi connectivity index (χ4n) is 3.32. The van der Waals surface area contributed by atoms with Gasteiger partial charge in [-0.3, -0.25) is 15.2 Å². The second kappa shape index (κ2) is 9.26. The number of aromatic nitrogens is 2. The highest BCUT2D eigenvalue weighted by Gasteiger charge is 2.33. The minimum Gasteiger partial charge on any atom is -0.489 e. The molecular weight excluding hydrogens is 449 g/mol. The molecule has 0 saturated heterocycles. The molecule has 0 bridgehead atoms. The van der Waals surface area contributed by atoms with Crippen LogP contribution in [0.4, 0.5) is 29.5 Å². The van der Waals surface area contributed by atoms with E-state index >= 15 is 0 Å². The molecule has 0 saturated carbocycles. The van der Waals surface area contributed by atoms with Crippen molar-refractivity contribution in [3.63, 3.8) is 0 Å². The summed E-state index contributed by atoms with van der Waals surface area (Å²) >= 11 is 0. The van der Waals surface area contributed by atoms with Gasteiger partial charge in [-0.25, -0.2) is 4.79 Å². The van der Waals surface area contributed by atoms with Crippen LogP contribution in [0.15, 0.2) is 66.7 Å². The van der Waals surface area contributed by atoms with E-state index < -0.39 is 17.8 Å². The maximum atomic E-state index is 13.2. The van der Waals surface area contributed by atoms with Gasteiger partial charge >= 0.3 is 12.2 Å². The van der Waals surface area contributed by atoms with Crippen LogP contribution in [0.25, 0.3) is 10.9 Å². The number of H-pyrrole nitrogens is 1. The van der Waals surface area contributed by atoms with E-state index in [1.165, 1.54) is 25.1 Å². The molecule has 4 rings (SSSR count). The Morgan fingerprint density at radius 3 is 2.44 bits per heavy atom. The molecule has 0 fully saturated rings. The van der Waals surface area contributed by atoms with Crippen LogP contribution in [0.2, 0.25) is 0 Å². The smallest absolute Gasteiger partial charge is 0.416 e. The van der Waals surface area contributed by atoms with Gasteiger partial charge in [-0.1, -0.05) is 18.2 Å². The number of anilines is 2. The Kier molecular flexibility index (Phi) is 6.22. The first kappa shape index (κ1) is 22.8. The molecule has 7 nitrogen and oxygen atoms in total. The maximum Gasteiger partial charge on any atom is 0.416 e. The summed E-state index contributed by atoms with van der Waals surface area (Å²) < 4.78 is 45.2. The minimum absolute atomic E-state index is 0.0100. The normalized spacial score (nSPS) is 11.3. The van der Waals surface area contributed by atoms with Crippen molar-refractivity contribution in [3.05, 3.63) is 83.4 Å². The van der Waals surface area contributed by atoms with Crippen LogP contribution in [-0.2, 0) is 12.8 Å². The molecule has 0 aliphatic carbocycles. The third-order valence-electron chi connectivity index (χ3n) is 5.03. The highest BCUT2D eigenvalue weighted by Crippen LogP contribution is 2.33. The number of carbonyl (C=O) groups is 2. The van der Waals surface area contributed by atoms with Crippen LogP contribution in [-0.4, -0.2) is 22.0 Å². The molecule has 1 heterocycles. The van der Waals surface area contributed by atoms with Gasteiger partial charge in [-0.05, 0) is 55.5 Å². The van der Waals surface area contributed by atoms with Gasteiger partial charge in [0.05, 0.1) is 11.1 Å². The Balaban J connectivity index is 1.46. The number of alkyl halides is 3. The molecule has 2 amide bonds. The van der Waals surface area contributed by atoms with Crippen LogP contribution >= 0.6 is 0 Å². The highest BCUT2D eigenvalue weighted by atomic mass is 19.4. The number of nitrogens with one attached hydrogen (secondary N) is 3. The molecule has 0 aliphatic rings. The number of nitrogens with zero attached hydrogens (tertiary/aromatic N) is 1. The number of fused-ring (bicyclic) bond motifs is 1. The summed E-state index contributed by atoms with van der Waals surface area (Å²) in [6.07, 6.45) is -4.48. The molecule has 34 heavy (non-hydrogen) atoms. The Bertz CT molecular complexity index is 1350. The fourth-order valence-corrected chi connectivity index (χ4v) is 3.32. The van der Waals surface area contributed by atoms with Crippen LogP contribution in [0, 0.1) is 0 Å². The second-order valence-corrected chi connectivity index (χ2v) is 7.44. The number of hydrogen-bond acceptors (Lipinski definition) is 4. The Morgan fingerprint density at radius 2 is 1.74 bits per heavy atom. The molecular formula is C24H19F3N4O3. The summed E-state index contributed by atoms with van der Waals surface area (Å²) in [6, 6.07) is 15.9. The van der Waals surface area contributed by atoms with E-state index in [9.17, 15) is 22.8 Å². The fraction of sp³-hybridized carbons (Fsp3) is 0.125. The van der Waals surface area contributed by atoms with E-state index in [2.05, 4.69) is 20.8 Å². The third kappa shape index (κ3) is 5.17. The van der Waals surface area contributed by atoms with Crippen molar-refractivity contribution in [2.45, 2.75) is 19.7 Å². The maximum absolute atomic E-state index is 13.2. The number of rotatable bonds is 6. The summed E-state index contributed by atoms with van der Waals surface area (Å²) in [7, 11) is 0. The SMILES string of the molecule is CC(=O)c1ccc(NC(=O)Nc2n[nH]c3ccc(OCc4ccccc4C(F)(F)F)cc23)cc1. The molecule has 4 aromatic rings. The van der Waals surface area contributed by atoms with Crippen LogP contribution < -0.4 is 15.4 Å². The Hall–Kier alpha value is -4.34. The first-order valence-electron chi connectivity index (χ1n) is 10.2. The Labute approximate surface area is 191 Å². The lowest BCUT2D eigenvalue weighted by atomic mass is 10.1. The quantitative estimate of drug-likeness (QED) is 0.302. The van der Waals surface area contributed by atoms with Crippen molar-refractivity contribution < 1.29 is 27.5 Å². The molecule has 0 atom stereocenters.